The van der Waals surface area contributed by atoms with Crippen molar-refractivity contribution in [2.75, 3.05) is 12.9 Å². The Morgan fingerprint density at radius 2 is 2.00 bits per heavy atom. The molecule has 23 heavy (non-hydrogen) atoms. The lowest BCUT2D eigenvalue weighted by molar-refractivity contribution is -0.147. The van der Waals surface area contributed by atoms with Gasteiger partial charge in [-0.15, -0.1) is 0 Å². The van der Waals surface area contributed by atoms with E-state index in [2.05, 4.69) is 5.32 Å². The molecular formula is C15H21NO6S. The second kappa shape index (κ2) is 7.45. The lowest BCUT2D eigenvalue weighted by Crippen LogP contribution is -2.53. The number of benzene rings is 1. The molecule has 0 aliphatic rings. The van der Waals surface area contributed by atoms with Gasteiger partial charge in [0.2, 0.25) is 0 Å². The number of ether oxygens (including phenoxy) is 1. The summed E-state index contributed by atoms with van der Waals surface area (Å²) in [5.74, 6) is -1.49. The van der Waals surface area contributed by atoms with E-state index in [1.54, 1.807) is 0 Å². The van der Waals surface area contributed by atoms with Gasteiger partial charge in [0.25, 0.3) is 5.91 Å². The van der Waals surface area contributed by atoms with Crippen molar-refractivity contribution in [2.24, 2.45) is 0 Å². The van der Waals surface area contributed by atoms with Crippen LogP contribution in [-0.4, -0.2) is 43.8 Å². The Hall–Kier alpha value is -2.09. The summed E-state index contributed by atoms with van der Waals surface area (Å²) in [5.41, 5.74) is -1.36. The Morgan fingerprint density at radius 1 is 1.35 bits per heavy atom. The average Bonchev–Trinajstić information content (AvgIpc) is 2.44. The topological polar surface area (TPSA) is 110 Å². The molecule has 0 saturated carbocycles. The van der Waals surface area contributed by atoms with Gasteiger partial charge in [0, 0.05) is 6.26 Å². The number of amides is 1. The Kier molecular flexibility index (Phi) is 6.14. The van der Waals surface area contributed by atoms with Crippen LogP contribution in [0.2, 0.25) is 0 Å². The molecule has 0 fully saturated rings. The van der Waals surface area contributed by atoms with E-state index in [0.717, 1.165) is 6.26 Å². The number of hydrogen-bond donors (Lipinski definition) is 2. The molecule has 1 aromatic carbocycles. The largest absolute Gasteiger partial charge is 0.484 e. The zero-order valence-electron chi connectivity index (χ0n) is 13.3. The van der Waals surface area contributed by atoms with Crippen LogP contribution >= 0.6 is 0 Å². The molecule has 1 aromatic rings. The molecule has 0 heterocycles. The molecule has 7 nitrogen and oxygen atoms in total. The summed E-state index contributed by atoms with van der Waals surface area (Å²) in [5, 5.41) is 11.6. The number of hydrogen-bond acceptors (Lipinski definition) is 5. The molecule has 0 aliphatic carbocycles. The predicted octanol–water partition coefficient (Wildman–Crippen LogP) is 1.23. The Balaban J connectivity index is 2.72. The van der Waals surface area contributed by atoms with Gasteiger partial charge in [-0.2, -0.15) is 0 Å². The van der Waals surface area contributed by atoms with E-state index < -0.39 is 33.9 Å². The number of rotatable bonds is 8. The molecular weight excluding hydrogens is 322 g/mol. The number of carboxylic acids is 1. The van der Waals surface area contributed by atoms with Gasteiger partial charge in [0.15, 0.2) is 16.4 Å². The fourth-order valence-corrected chi connectivity index (χ4v) is 2.67. The second-order valence-corrected chi connectivity index (χ2v) is 7.49. The van der Waals surface area contributed by atoms with Crippen molar-refractivity contribution < 1.29 is 27.9 Å². The van der Waals surface area contributed by atoms with Gasteiger partial charge in [-0.1, -0.05) is 19.4 Å². The molecule has 0 unspecified atom stereocenters. The number of carbonyl (C=O) groups excluding carboxylic acids is 1. The van der Waals surface area contributed by atoms with Gasteiger partial charge in [0.05, 0.1) is 4.90 Å². The van der Waals surface area contributed by atoms with Crippen LogP contribution in [-0.2, 0) is 19.4 Å². The van der Waals surface area contributed by atoms with Crippen molar-refractivity contribution in [3.8, 4) is 5.75 Å². The quantitative estimate of drug-likeness (QED) is 0.734. The Bertz CT molecular complexity index is 685. The zero-order chi connectivity index (χ0) is 17.7. The summed E-state index contributed by atoms with van der Waals surface area (Å²) in [6, 6.07) is 5.75. The van der Waals surface area contributed by atoms with Crippen molar-refractivity contribution in [1.29, 1.82) is 0 Å². The first kappa shape index (κ1) is 19.0. The van der Waals surface area contributed by atoms with Crippen molar-refractivity contribution in [3.63, 3.8) is 0 Å². The molecule has 1 rings (SSSR count). The van der Waals surface area contributed by atoms with Gasteiger partial charge in [-0.25, -0.2) is 13.2 Å². The third-order valence-corrected chi connectivity index (χ3v) is 4.35. The summed E-state index contributed by atoms with van der Waals surface area (Å²) in [6.07, 6.45) is 1.96. The van der Waals surface area contributed by atoms with Crippen LogP contribution in [0.1, 0.15) is 26.7 Å². The summed E-state index contributed by atoms with van der Waals surface area (Å²) >= 11 is 0. The fourth-order valence-electron chi connectivity index (χ4n) is 2.01. The number of nitrogens with one attached hydrogen (secondary N) is 1. The molecule has 0 radical (unpaired) electrons. The van der Waals surface area contributed by atoms with E-state index in [1.807, 2.05) is 6.92 Å². The lowest BCUT2D eigenvalue weighted by atomic mass is 9.96. The summed E-state index contributed by atoms with van der Waals surface area (Å²) in [7, 11) is -3.37. The van der Waals surface area contributed by atoms with Crippen molar-refractivity contribution in [1.82, 2.24) is 5.32 Å². The minimum atomic E-state index is -3.37. The van der Waals surface area contributed by atoms with Gasteiger partial charge in [-0.3, -0.25) is 4.79 Å². The normalized spacial score (nSPS) is 13.9. The van der Waals surface area contributed by atoms with Crippen LogP contribution in [0.25, 0.3) is 0 Å². The van der Waals surface area contributed by atoms with Crippen molar-refractivity contribution >= 4 is 21.7 Å². The smallest absolute Gasteiger partial charge is 0.329 e. The molecule has 2 N–H and O–H groups in total. The highest BCUT2D eigenvalue weighted by atomic mass is 32.2. The van der Waals surface area contributed by atoms with Crippen LogP contribution < -0.4 is 10.1 Å². The first-order valence-electron chi connectivity index (χ1n) is 7.06. The molecule has 0 spiro atoms. The third kappa shape index (κ3) is 5.55. The predicted molar refractivity (Wildman–Crippen MR) is 84.1 cm³/mol. The maximum absolute atomic E-state index is 11.9. The highest BCUT2D eigenvalue weighted by Crippen LogP contribution is 2.17. The molecule has 1 amide bonds. The molecule has 0 bridgehead atoms. The summed E-state index contributed by atoms with van der Waals surface area (Å²) < 4.78 is 28.2. The standard InChI is InChI=1S/C15H21NO6S/c1-4-8-15(2,14(18)19)16-13(17)10-22-11-6-5-7-12(9-11)23(3,20)21/h5-7,9H,4,8,10H2,1-3H3,(H,16,17)(H,18,19)/t15-/m1/s1. The Morgan fingerprint density at radius 3 is 2.52 bits per heavy atom. The number of carbonyl (C=O) groups is 2. The minimum absolute atomic E-state index is 0.0803. The monoisotopic (exact) mass is 343 g/mol. The van der Waals surface area contributed by atoms with Gasteiger partial charge >= 0.3 is 5.97 Å². The highest BCUT2D eigenvalue weighted by Gasteiger charge is 2.33. The van der Waals surface area contributed by atoms with Crippen LogP contribution in [0.5, 0.6) is 5.75 Å². The van der Waals surface area contributed by atoms with Crippen molar-refractivity contribution in [2.45, 2.75) is 37.1 Å². The third-order valence-electron chi connectivity index (χ3n) is 3.24. The maximum Gasteiger partial charge on any atom is 0.329 e. The fraction of sp³-hybridized carbons (Fsp3) is 0.467. The number of sulfone groups is 1. The van der Waals surface area contributed by atoms with E-state index in [-0.39, 0.29) is 17.1 Å². The molecule has 0 aromatic heterocycles. The first-order chi connectivity index (χ1) is 10.6. The van der Waals surface area contributed by atoms with E-state index in [1.165, 1.54) is 31.2 Å². The molecule has 0 aliphatic heterocycles. The Labute approximate surface area is 135 Å². The van der Waals surface area contributed by atoms with Gasteiger partial charge in [0.1, 0.15) is 11.3 Å². The number of aliphatic carboxylic acids is 1. The van der Waals surface area contributed by atoms with E-state index in [4.69, 9.17) is 4.74 Å². The molecule has 1 atom stereocenters. The highest BCUT2D eigenvalue weighted by molar-refractivity contribution is 7.90. The van der Waals surface area contributed by atoms with Crippen LogP contribution in [0.4, 0.5) is 0 Å². The maximum atomic E-state index is 11.9. The average molecular weight is 343 g/mol. The second-order valence-electron chi connectivity index (χ2n) is 5.47. The lowest BCUT2D eigenvalue weighted by Gasteiger charge is -2.25. The molecule has 8 heteroatoms. The van der Waals surface area contributed by atoms with E-state index in [0.29, 0.717) is 6.42 Å². The molecule has 128 valence electrons. The van der Waals surface area contributed by atoms with E-state index >= 15 is 0 Å². The minimum Gasteiger partial charge on any atom is -0.484 e. The SMILES string of the molecule is CCC[C@@](C)(NC(=O)COc1cccc(S(C)(=O)=O)c1)C(=O)O. The van der Waals surface area contributed by atoms with E-state index in [9.17, 15) is 23.1 Å². The number of carboxylic acid groups (broad SMARTS) is 1. The summed E-state index contributed by atoms with van der Waals surface area (Å²) in [6.45, 7) is 2.85. The van der Waals surface area contributed by atoms with Crippen LogP contribution in [0.15, 0.2) is 29.2 Å². The molecule has 0 saturated heterocycles. The van der Waals surface area contributed by atoms with Crippen LogP contribution in [0, 0.1) is 0 Å². The van der Waals surface area contributed by atoms with Gasteiger partial charge < -0.3 is 15.2 Å². The first-order valence-corrected chi connectivity index (χ1v) is 8.95. The zero-order valence-corrected chi connectivity index (χ0v) is 14.1. The van der Waals surface area contributed by atoms with Gasteiger partial charge in [-0.05, 0) is 31.5 Å². The van der Waals surface area contributed by atoms with Crippen molar-refractivity contribution in [3.05, 3.63) is 24.3 Å². The summed E-state index contributed by atoms with van der Waals surface area (Å²) in [4.78, 5) is 23.2. The van der Waals surface area contributed by atoms with Crippen LogP contribution in [0.3, 0.4) is 0 Å².